The Morgan fingerprint density at radius 3 is 2.87 bits per heavy atom. The lowest BCUT2D eigenvalue weighted by atomic mass is 10.3. The molecule has 0 radical (unpaired) electrons. The van der Waals surface area contributed by atoms with Crippen LogP contribution in [-0.2, 0) is 0 Å². The molecule has 1 fully saturated rings. The lowest BCUT2D eigenvalue weighted by molar-refractivity contribution is 0.101. The summed E-state index contributed by atoms with van der Waals surface area (Å²) in [6.07, 6.45) is 9.84. The van der Waals surface area contributed by atoms with E-state index in [0.29, 0.717) is 16.7 Å². The van der Waals surface area contributed by atoms with Crippen molar-refractivity contribution >= 4 is 17.5 Å². The number of carbonyl (C=O) groups is 1. The second-order valence-electron chi connectivity index (χ2n) is 3.73. The van der Waals surface area contributed by atoms with Gasteiger partial charge in [-0.15, -0.1) is 0 Å². The van der Waals surface area contributed by atoms with Crippen molar-refractivity contribution in [3.05, 3.63) is 24.3 Å². The summed E-state index contributed by atoms with van der Waals surface area (Å²) in [5, 5.41) is 0.686. The van der Waals surface area contributed by atoms with E-state index < -0.39 is 0 Å². The monoisotopic (exact) mass is 222 g/mol. The van der Waals surface area contributed by atoms with Crippen molar-refractivity contribution in [2.75, 3.05) is 5.75 Å². The van der Waals surface area contributed by atoms with E-state index in [-0.39, 0.29) is 5.78 Å². The van der Waals surface area contributed by atoms with E-state index in [2.05, 4.69) is 9.97 Å². The van der Waals surface area contributed by atoms with Gasteiger partial charge in [0.2, 0.25) is 0 Å². The molecule has 3 nitrogen and oxygen atoms in total. The SMILES string of the molecule is O=C(CSC1CCCC1)c1cnccn1. The fourth-order valence-corrected chi connectivity index (χ4v) is 2.97. The molecule has 0 unspecified atom stereocenters. The standard InChI is InChI=1S/C11H14N2OS/c14-11(10-7-12-5-6-13-10)8-15-9-3-1-2-4-9/h5-7,9H,1-4,8H2. The molecule has 0 spiro atoms. The van der Waals surface area contributed by atoms with E-state index in [4.69, 9.17) is 0 Å². The molecule has 1 aliphatic rings. The lowest BCUT2D eigenvalue weighted by Crippen LogP contribution is -2.08. The second kappa shape index (κ2) is 5.26. The second-order valence-corrected chi connectivity index (χ2v) is 5.02. The Bertz CT molecular complexity index is 323. The van der Waals surface area contributed by atoms with Gasteiger partial charge in [0.25, 0.3) is 0 Å². The molecule has 80 valence electrons. The van der Waals surface area contributed by atoms with Crippen LogP contribution in [0.3, 0.4) is 0 Å². The molecule has 1 saturated carbocycles. The average molecular weight is 222 g/mol. The number of nitrogens with zero attached hydrogens (tertiary/aromatic N) is 2. The summed E-state index contributed by atoms with van der Waals surface area (Å²) in [4.78, 5) is 19.6. The van der Waals surface area contributed by atoms with Crippen LogP contribution in [0.4, 0.5) is 0 Å². The molecule has 0 atom stereocenters. The van der Waals surface area contributed by atoms with Crippen LogP contribution in [0.1, 0.15) is 36.2 Å². The number of ketones is 1. The molecule has 1 aromatic rings. The van der Waals surface area contributed by atoms with Crippen molar-refractivity contribution < 1.29 is 4.79 Å². The molecule has 0 aliphatic heterocycles. The molecule has 0 amide bonds. The molecule has 1 heterocycles. The summed E-state index contributed by atoms with van der Waals surface area (Å²) in [5.41, 5.74) is 0.489. The smallest absolute Gasteiger partial charge is 0.192 e. The van der Waals surface area contributed by atoms with Gasteiger partial charge < -0.3 is 0 Å². The van der Waals surface area contributed by atoms with Gasteiger partial charge in [0.1, 0.15) is 5.69 Å². The number of hydrogen-bond acceptors (Lipinski definition) is 4. The van der Waals surface area contributed by atoms with Crippen LogP contribution in [-0.4, -0.2) is 26.8 Å². The first kappa shape index (κ1) is 10.6. The van der Waals surface area contributed by atoms with Crippen LogP contribution in [0.15, 0.2) is 18.6 Å². The molecule has 4 heteroatoms. The number of thioether (sulfide) groups is 1. The van der Waals surface area contributed by atoms with Crippen LogP contribution in [0, 0.1) is 0 Å². The lowest BCUT2D eigenvalue weighted by Gasteiger charge is -2.06. The summed E-state index contributed by atoms with van der Waals surface area (Å²) < 4.78 is 0. The van der Waals surface area contributed by atoms with Crippen molar-refractivity contribution in [3.63, 3.8) is 0 Å². The maximum Gasteiger partial charge on any atom is 0.192 e. The number of rotatable bonds is 4. The minimum Gasteiger partial charge on any atom is -0.291 e. The van der Waals surface area contributed by atoms with Crippen LogP contribution in [0.5, 0.6) is 0 Å². The molecule has 0 N–H and O–H groups in total. The predicted octanol–water partition coefficient (Wildman–Crippen LogP) is 2.34. The molecular weight excluding hydrogens is 208 g/mol. The van der Waals surface area contributed by atoms with Crippen molar-refractivity contribution in [2.24, 2.45) is 0 Å². The van der Waals surface area contributed by atoms with Gasteiger partial charge in [-0.1, -0.05) is 12.8 Å². The molecule has 1 aromatic heterocycles. The Labute approximate surface area is 93.7 Å². The predicted molar refractivity (Wildman–Crippen MR) is 61.1 cm³/mol. The summed E-state index contributed by atoms with van der Waals surface area (Å²) in [6.45, 7) is 0. The Hall–Kier alpha value is -0.900. The number of hydrogen-bond donors (Lipinski definition) is 0. The number of aromatic nitrogens is 2. The first-order chi connectivity index (χ1) is 7.36. The highest BCUT2D eigenvalue weighted by Crippen LogP contribution is 2.29. The average Bonchev–Trinajstić information content (AvgIpc) is 2.80. The Kier molecular flexibility index (Phi) is 3.72. The highest BCUT2D eigenvalue weighted by Gasteiger charge is 2.17. The van der Waals surface area contributed by atoms with E-state index in [9.17, 15) is 4.79 Å². The van der Waals surface area contributed by atoms with Crippen molar-refractivity contribution in [2.45, 2.75) is 30.9 Å². The third kappa shape index (κ3) is 3.02. The summed E-state index contributed by atoms with van der Waals surface area (Å²) in [6, 6.07) is 0. The van der Waals surface area contributed by atoms with E-state index in [1.54, 1.807) is 24.2 Å². The van der Waals surface area contributed by atoms with Crippen molar-refractivity contribution in [1.82, 2.24) is 9.97 Å². The first-order valence-electron chi connectivity index (χ1n) is 5.27. The molecule has 0 aromatic carbocycles. The fraction of sp³-hybridized carbons (Fsp3) is 0.545. The minimum atomic E-state index is 0.0972. The van der Waals surface area contributed by atoms with Crippen LogP contribution in [0.2, 0.25) is 0 Å². The van der Waals surface area contributed by atoms with Gasteiger partial charge in [-0.25, -0.2) is 4.98 Å². The van der Waals surface area contributed by atoms with Gasteiger partial charge >= 0.3 is 0 Å². The highest BCUT2D eigenvalue weighted by molar-refractivity contribution is 8.00. The van der Waals surface area contributed by atoms with E-state index in [1.165, 1.54) is 31.9 Å². The van der Waals surface area contributed by atoms with E-state index in [1.807, 2.05) is 0 Å². The summed E-state index contributed by atoms with van der Waals surface area (Å²) in [5.74, 6) is 0.642. The van der Waals surface area contributed by atoms with Gasteiger partial charge in [0.15, 0.2) is 5.78 Å². The summed E-state index contributed by atoms with van der Waals surface area (Å²) >= 11 is 1.77. The van der Waals surface area contributed by atoms with Crippen molar-refractivity contribution in [3.8, 4) is 0 Å². The van der Waals surface area contributed by atoms with Crippen LogP contribution >= 0.6 is 11.8 Å². The molecule has 0 saturated heterocycles. The van der Waals surface area contributed by atoms with Gasteiger partial charge in [0, 0.05) is 17.6 Å². The highest BCUT2D eigenvalue weighted by atomic mass is 32.2. The zero-order valence-corrected chi connectivity index (χ0v) is 9.37. The third-order valence-electron chi connectivity index (χ3n) is 2.60. The molecule has 15 heavy (non-hydrogen) atoms. The molecular formula is C11H14N2OS. The summed E-state index contributed by atoms with van der Waals surface area (Å²) in [7, 11) is 0. The zero-order chi connectivity index (χ0) is 10.5. The Balaban J connectivity index is 1.82. The Morgan fingerprint density at radius 2 is 2.20 bits per heavy atom. The van der Waals surface area contributed by atoms with E-state index >= 15 is 0 Å². The van der Waals surface area contributed by atoms with Gasteiger partial charge in [-0.2, -0.15) is 11.8 Å². The van der Waals surface area contributed by atoms with Gasteiger partial charge in [-0.05, 0) is 12.8 Å². The molecule has 0 bridgehead atoms. The maximum atomic E-state index is 11.7. The van der Waals surface area contributed by atoms with Gasteiger partial charge in [0.05, 0.1) is 11.9 Å². The third-order valence-corrected chi connectivity index (χ3v) is 3.97. The van der Waals surface area contributed by atoms with E-state index in [0.717, 1.165) is 0 Å². The normalized spacial score (nSPS) is 16.8. The quantitative estimate of drug-likeness (QED) is 0.733. The fourth-order valence-electron chi connectivity index (χ4n) is 1.77. The van der Waals surface area contributed by atoms with Crippen LogP contribution < -0.4 is 0 Å². The van der Waals surface area contributed by atoms with Crippen molar-refractivity contribution in [1.29, 1.82) is 0 Å². The molecule has 2 rings (SSSR count). The maximum absolute atomic E-state index is 11.7. The number of Topliss-reactive ketones (excluding diaryl/α,β-unsaturated/α-hetero) is 1. The first-order valence-corrected chi connectivity index (χ1v) is 6.32. The minimum absolute atomic E-state index is 0.0972. The topological polar surface area (TPSA) is 42.9 Å². The largest absolute Gasteiger partial charge is 0.291 e. The van der Waals surface area contributed by atoms with Crippen LogP contribution in [0.25, 0.3) is 0 Å². The Morgan fingerprint density at radius 1 is 1.40 bits per heavy atom. The molecule has 1 aliphatic carbocycles. The van der Waals surface area contributed by atoms with Gasteiger partial charge in [-0.3, -0.25) is 9.78 Å². The zero-order valence-electron chi connectivity index (χ0n) is 8.56. The number of carbonyl (C=O) groups excluding carboxylic acids is 1.